The van der Waals surface area contributed by atoms with Gasteiger partial charge in [-0.15, -0.1) is 0 Å². The lowest BCUT2D eigenvalue weighted by Crippen LogP contribution is -2.57. The molecule has 3 aliphatic heterocycles. The summed E-state index contributed by atoms with van der Waals surface area (Å²) in [7, 11) is -2.13. The van der Waals surface area contributed by atoms with Crippen molar-refractivity contribution < 1.29 is 31.9 Å². The standard InChI is InChI=1S/C32H44ClFN4O6S/c1-32(2)17-22(14-15-44-32)27(20-6-10-23(33)11-7-20)29(37-31(40)43-3)30(39)36-28-21(9-13-26(28)34)8-12-25-18-35-24-5-4-16-45(41,42)38(25)19-24/h6-7,10-11,13,22,24-25,27,29,35H,4-5,8-9,12,14-19H2,1-3H3,(H,36,39)(H,37,40)/t22-,24+,25-,27-,29-/m0/s1. The third-order valence-corrected chi connectivity index (χ3v) is 11.7. The Labute approximate surface area is 270 Å². The number of hydrogen-bond donors (Lipinski definition) is 3. The van der Waals surface area contributed by atoms with Gasteiger partial charge in [-0.1, -0.05) is 23.7 Å². The van der Waals surface area contributed by atoms with Crippen molar-refractivity contribution in [3.8, 4) is 0 Å². The summed E-state index contributed by atoms with van der Waals surface area (Å²) in [6, 6.07) is 5.97. The summed E-state index contributed by atoms with van der Waals surface area (Å²) in [5.74, 6) is -1.53. The van der Waals surface area contributed by atoms with Gasteiger partial charge in [0.1, 0.15) is 11.9 Å². The first kappa shape index (κ1) is 33.8. The van der Waals surface area contributed by atoms with Crippen LogP contribution in [-0.4, -0.2) is 81.0 Å². The predicted molar refractivity (Wildman–Crippen MR) is 170 cm³/mol. The number of rotatable bonds is 9. The van der Waals surface area contributed by atoms with Gasteiger partial charge in [-0.2, -0.15) is 4.31 Å². The minimum Gasteiger partial charge on any atom is -0.453 e. The molecule has 0 aromatic heterocycles. The Bertz CT molecular complexity index is 1430. The maximum atomic E-state index is 15.3. The molecule has 3 fully saturated rings. The second kappa shape index (κ2) is 14.1. The van der Waals surface area contributed by atoms with Crippen molar-refractivity contribution in [2.75, 3.05) is 32.6 Å². The summed E-state index contributed by atoms with van der Waals surface area (Å²) in [6.45, 7) is 5.46. The summed E-state index contributed by atoms with van der Waals surface area (Å²) in [4.78, 5) is 26.8. The average Bonchev–Trinajstić information content (AvgIpc) is 3.28. The van der Waals surface area contributed by atoms with Gasteiger partial charge in [-0.3, -0.25) is 4.79 Å². The average molecular weight is 667 g/mol. The number of carbonyl (C=O) groups is 2. The van der Waals surface area contributed by atoms with Gasteiger partial charge in [0.2, 0.25) is 15.9 Å². The number of allylic oxidation sites excluding steroid dienone is 3. The number of fused-ring (bicyclic) bond motifs is 2. The maximum absolute atomic E-state index is 15.3. The van der Waals surface area contributed by atoms with Gasteiger partial charge >= 0.3 is 6.09 Å². The number of piperazine rings is 1. The van der Waals surface area contributed by atoms with E-state index in [0.29, 0.717) is 68.8 Å². The molecule has 2 bridgehead atoms. The monoisotopic (exact) mass is 666 g/mol. The number of hydrogen-bond acceptors (Lipinski definition) is 7. The Morgan fingerprint density at radius 3 is 2.71 bits per heavy atom. The van der Waals surface area contributed by atoms with Crippen LogP contribution in [-0.2, 0) is 24.3 Å². The number of halogens is 2. The Kier molecular flexibility index (Phi) is 10.6. The number of carbonyl (C=O) groups excluding carboxylic acids is 2. The van der Waals surface area contributed by atoms with Crippen molar-refractivity contribution >= 4 is 33.6 Å². The van der Waals surface area contributed by atoms with E-state index in [4.69, 9.17) is 21.1 Å². The number of sulfonamides is 1. The summed E-state index contributed by atoms with van der Waals surface area (Å²) in [5, 5.41) is 9.55. The number of alkyl carbamates (subject to hydrolysis) is 1. The molecule has 3 N–H and O–H groups in total. The van der Waals surface area contributed by atoms with E-state index in [1.165, 1.54) is 13.2 Å². The number of ether oxygens (including phenoxy) is 2. The van der Waals surface area contributed by atoms with Crippen LogP contribution in [0.5, 0.6) is 0 Å². The molecule has 4 aliphatic rings. The number of benzene rings is 1. The van der Waals surface area contributed by atoms with E-state index in [-0.39, 0.29) is 29.5 Å². The second-order valence-electron chi connectivity index (χ2n) is 13.1. The normalized spacial score (nSPS) is 28.8. The molecule has 3 heterocycles. The largest absolute Gasteiger partial charge is 0.453 e. The van der Waals surface area contributed by atoms with E-state index >= 15 is 4.39 Å². The highest BCUT2D eigenvalue weighted by Gasteiger charge is 2.42. The van der Waals surface area contributed by atoms with Gasteiger partial charge in [0, 0.05) is 42.7 Å². The van der Waals surface area contributed by atoms with Crippen LogP contribution >= 0.6 is 11.6 Å². The first-order valence-electron chi connectivity index (χ1n) is 15.7. The number of nitrogens with zero attached hydrogens (tertiary/aromatic N) is 1. The van der Waals surface area contributed by atoms with Crippen molar-refractivity contribution in [1.82, 2.24) is 20.3 Å². The summed E-state index contributed by atoms with van der Waals surface area (Å²) < 4.78 is 53.6. The van der Waals surface area contributed by atoms with Crippen LogP contribution in [0.4, 0.5) is 9.18 Å². The van der Waals surface area contributed by atoms with Crippen LogP contribution in [0.25, 0.3) is 0 Å². The molecule has 1 aromatic rings. The molecule has 2 amide bonds. The van der Waals surface area contributed by atoms with Crippen LogP contribution in [0.15, 0.2) is 47.4 Å². The molecule has 248 valence electrons. The molecular weight excluding hydrogens is 623 g/mol. The van der Waals surface area contributed by atoms with Crippen molar-refractivity contribution in [2.24, 2.45) is 5.92 Å². The lowest BCUT2D eigenvalue weighted by molar-refractivity contribution is -0.124. The van der Waals surface area contributed by atoms with E-state index in [9.17, 15) is 18.0 Å². The molecule has 1 aromatic carbocycles. The van der Waals surface area contributed by atoms with E-state index in [2.05, 4.69) is 16.0 Å². The SMILES string of the molecule is COC(=O)N[C@H](C(=O)NC1=C(CC[C@H]2CN[C@@H]3CCCS(=O)(=O)N2C3)CC=C1F)[C@@H](c1ccc(Cl)cc1)[C@H]1CCOC(C)(C)C1. The minimum absolute atomic E-state index is 0.0570. The molecule has 6 atom stereocenters. The van der Waals surface area contributed by atoms with Gasteiger partial charge in [0.05, 0.1) is 24.2 Å². The molecule has 10 nitrogen and oxygen atoms in total. The Morgan fingerprint density at radius 2 is 2.00 bits per heavy atom. The third-order valence-electron chi connectivity index (χ3n) is 9.51. The topological polar surface area (TPSA) is 126 Å². The fourth-order valence-corrected chi connectivity index (χ4v) is 9.19. The van der Waals surface area contributed by atoms with Crippen molar-refractivity contribution in [3.63, 3.8) is 0 Å². The van der Waals surface area contributed by atoms with Gasteiger partial charge in [-0.25, -0.2) is 17.6 Å². The number of nitrogens with one attached hydrogen (secondary N) is 3. The number of methoxy groups -OCH3 is 1. The molecule has 3 saturated heterocycles. The summed E-state index contributed by atoms with van der Waals surface area (Å²) in [6.07, 6.45) is 4.58. The van der Waals surface area contributed by atoms with Gasteiger partial charge in [0.15, 0.2) is 0 Å². The van der Waals surface area contributed by atoms with Crippen molar-refractivity contribution in [1.29, 1.82) is 0 Å². The molecule has 5 rings (SSSR count). The quantitative estimate of drug-likeness (QED) is 0.354. The van der Waals surface area contributed by atoms with Crippen molar-refractivity contribution in [2.45, 2.75) is 88.4 Å². The van der Waals surface area contributed by atoms with E-state index in [0.717, 1.165) is 12.0 Å². The third kappa shape index (κ3) is 8.08. The smallest absolute Gasteiger partial charge is 0.407 e. The zero-order chi connectivity index (χ0) is 32.4. The Morgan fingerprint density at radius 1 is 1.24 bits per heavy atom. The molecule has 0 spiro atoms. The minimum atomic E-state index is -3.36. The number of amides is 2. The maximum Gasteiger partial charge on any atom is 0.407 e. The molecule has 13 heteroatoms. The van der Waals surface area contributed by atoms with E-state index in [1.54, 1.807) is 16.4 Å². The fourth-order valence-electron chi connectivity index (χ4n) is 7.26. The molecule has 0 radical (unpaired) electrons. The highest BCUT2D eigenvalue weighted by molar-refractivity contribution is 7.89. The van der Waals surface area contributed by atoms with Gasteiger partial charge in [0.25, 0.3) is 0 Å². The van der Waals surface area contributed by atoms with Crippen LogP contribution in [0, 0.1) is 5.92 Å². The zero-order valence-electron chi connectivity index (χ0n) is 26.1. The highest BCUT2D eigenvalue weighted by atomic mass is 35.5. The van der Waals surface area contributed by atoms with Crippen LogP contribution in [0.2, 0.25) is 5.02 Å². The van der Waals surface area contributed by atoms with E-state index < -0.39 is 45.4 Å². The fraction of sp³-hybridized carbons (Fsp3) is 0.625. The first-order valence-corrected chi connectivity index (χ1v) is 17.7. The Hall–Kier alpha value is -2.51. The Balaban J connectivity index is 1.40. The molecular formula is C32H44ClFN4O6S. The highest BCUT2D eigenvalue weighted by Crippen LogP contribution is 2.41. The predicted octanol–water partition coefficient (Wildman–Crippen LogP) is 4.53. The first-order chi connectivity index (χ1) is 21.4. The summed E-state index contributed by atoms with van der Waals surface area (Å²) >= 11 is 6.20. The van der Waals surface area contributed by atoms with Gasteiger partial charge in [-0.05, 0) is 94.1 Å². The zero-order valence-corrected chi connectivity index (χ0v) is 27.7. The molecule has 0 saturated carbocycles. The van der Waals surface area contributed by atoms with Crippen LogP contribution in [0.1, 0.15) is 70.3 Å². The summed E-state index contributed by atoms with van der Waals surface area (Å²) in [5.41, 5.74) is 1.13. The van der Waals surface area contributed by atoms with Gasteiger partial charge < -0.3 is 25.4 Å². The van der Waals surface area contributed by atoms with Crippen LogP contribution < -0.4 is 16.0 Å². The lowest BCUT2D eigenvalue weighted by atomic mass is 9.73. The second-order valence-corrected chi connectivity index (χ2v) is 15.6. The molecule has 1 unspecified atom stereocenters. The lowest BCUT2D eigenvalue weighted by Gasteiger charge is -2.41. The van der Waals surface area contributed by atoms with Crippen molar-refractivity contribution in [3.05, 3.63) is 58.0 Å². The van der Waals surface area contributed by atoms with Crippen LogP contribution in [0.3, 0.4) is 0 Å². The molecule has 45 heavy (non-hydrogen) atoms. The molecule has 1 aliphatic carbocycles. The van der Waals surface area contributed by atoms with E-state index in [1.807, 2.05) is 26.0 Å².